The molecule has 0 spiro atoms. The molecule has 11 heteroatoms. The lowest BCUT2D eigenvalue weighted by Gasteiger charge is -2.20. The van der Waals surface area contributed by atoms with E-state index in [4.69, 9.17) is 9.47 Å². The van der Waals surface area contributed by atoms with Crippen molar-refractivity contribution in [2.24, 2.45) is 0 Å². The number of ether oxygens (including phenoxy) is 2. The molecule has 0 atom stereocenters. The summed E-state index contributed by atoms with van der Waals surface area (Å²) in [5, 5.41) is 7.27. The van der Waals surface area contributed by atoms with Crippen LogP contribution in [0, 0.1) is 0 Å². The summed E-state index contributed by atoms with van der Waals surface area (Å²) in [6.45, 7) is -0.828. The van der Waals surface area contributed by atoms with Gasteiger partial charge in [0.2, 0.25) is 5.91 Å². The topological polar surface area (TPSA) is 88.7 Å². The van der Waals surface area contributed by atoms with Crippen LogP contribution in [-0.2, 0) is 4.79 Å². The highest BCUT2D eigenvalue weighted by Gasteiger charge is 2.28. The van der Waals surface area contributed by atoms with E-state index in [0.717, 1.165) is 0 Å². The van der Waals surface area contributed by atoms with E-state index in [9.17, 15) is 22.8 Å². The van der Waals surface area contributed by atoms with Crippen molar-refractivity contribution in [3.8, 4) is 11.5 Å². The molecule has 7 nitrogen and oxygen atoms in total. The van der Waals surface area contributed by atoms with Crippen LogP contribution < -0.4 is 25.4 Å². The molecule has 0 fully saturated rings. The first kappa shape index (κ1) is 21.8. The normalized spacial score (nSPS) is 12.8. The van der Waals surface area contributed by atoms with Gasteiger partial charge in [0.15, 0.2) is 11.5 Å². The van der Waals surface area contributed by atoms with Gasteiger partial charge in [-0.1, -0.05) is 12.1 Å². The molecule has 30 heavy (non-hydrogen) atoms. The van der Waals surface area contributed by atoms with E-state index in [1.54, 1.807) is 23.5 Å². The highest BCUT2D eigenvalue weighted by molar-refractivity contribution is 9.10. The van der Waals surface area contributed by atoms with E-state index in [1.807, 2.05) is 0 Å². The maximum Gasteiger partial charge on any atom is 0.405 e. The lowest BCUT2D eigenvalue weighted by molar-refractivity contribution is -0.123. The summed E-state index contributed by atoms with van der Waals surface area (Å²) < 4.78 is 48.5. The molecule has 3 rings (SSSR count). The van der Waals surface area contributed by atoms with Crippen molar-refractivity contribution in [3.63, 3.8) is 0 Å². The molecule has 1 aliphatic heterocycles. The predicted octanol–water partition coefficient (Wildman–Crippen LogP) is 3.56. The fourth-order valence-electron chi connectivity index (χ4n) is 2.64. The van der Waals surface area contributed by atoms with Gasteiger partial charge < -0.3 is 25.4 Å². The number of benzene rings is 2. The average Bonchev–Trinajstić information content (AvgIpc) is 2.70. The predicted molar refractivity (Wildman–Crippen MR) is 107 cm³/mol. The van der Waals surface area contributed by atoms with Crippen molar-refractivity contribution < 1.29 is 32.2 Å². The Bertz CT molecular complexity index is 953. The molecule has 160 valence electrons. The molecule has 1 heterocycles. The lowest BCUT2D eigenvalue weighted by atomic mass is 10.1. The maximum absolute atomic E-state index is 12.3. The largest absolute Gasteiger partial charge is 0.486 e. The Labute approximate surface area is 178 Å². The standard InChI is InChI=1S/C19H17BrF3N3O4/c20-12-7-15-16(30-6-5-29-15)8-14(12)26-17(27)9-24-13-4-2-1-3-11(13)18(28)25-10-19(21,22)23/h1-4,7-8,24H,5-6,9-10H2,(H,25,28)(H,26,27). The van der Waals surface area contributed by atoms with Crippen molar-refractivity contribution in [3.05, 3.63) is 46.4 Å². The Hall–Kier alpha value is -2.95. The van der Waals surface area contributed by atoms with Crippen LogP contribution in [-0.4, -0.2) is 44.3 Å². The third kappa shape index (κ3) is 5.78. The van der Waals surface area contributed by atoms with Crippen LogP contribution in [0.1, 0.15) is 10.4 Å². The van der Waals surface area contributed by atoms with E-state index in [2.05, 4.69) is 26.6 Å². The molecule has 0 aromatic heterocycles. The number of para-hydroxylation sites is 1. The Balaban J connectivity index is 1.62. The van der Waals surface area contributed by atoms with Gasteiger partial charge in [-0.3, -0.25) is 9.59 Å². The minimum atomic E-state index is -4.52. The molecule has 0 saturated heterocycles. The number of amides is 2. The highest BCUT2D eigenvalue weighted by Crippen LogP contribution is 2.38. The fourth-order valence-corrected chi connectivity index (χ4v) is 3.06. The van der Waals surface area contributed by atoms with Crippen molar-refractivity contribution in [1.82, 2.24) is 5.32 Å². The molecule has 0 bridgehead atoms. The Morgan fingerprint density at radius 1 is 1.03 bits per heavy atom. The molecule has 0 radical (unpaired) electrons. The lowest BCUT2D eigenvalue weighted by Crippen LogP contribution is -2.34. The van der Waals surface area contributed by atoms with Gasteiger partial charge in [0.1, 0.15) is 19.8 Å². The van der Waals surface area contributed by atoms with Crippen LogP contribution in [0.25, 0.3) is 0 Å². The zero-order chi connectivity index (χ0) is 21.7. The molecular weight excluding hydrogens is 471 g/mol. The molecule has 0 saturated carbocycles. The number of rotatable bonds is 6. The number of hydrogen-bond donors (Lipinski definition) is 3. The molecule has 1 aliphatic rings. The smallest absolute Gasteiger partial charge is 0.405 e. The summed E-state index contributed by atoms with van der Waals surface area (Å²) in [6, 6.07) is 9.27. The molecule has 2 amide bonds. The van der Waals surface area contributed by atoms with Crippen molar-refractivity contribution in [2.75, 3.05) is 36.9 Å². The second-order valence-corrected chi connectivity index (χ2v) is 7.08. The minimum absolute atomic E-state index is 0.00457. The Kier molecular flexibility index (Phi) is 6.70. The molecule has 0 aliphatic carbocycles. The zero-order valence-electron chi connectivity index (χ0n) is 15.4. The van der Waals surface area contributed by atoms with Gasteiger partial charge in [-0.05, 0) is 28.1 Å². The van der Waals surface area contributed by atoms with Crippen LogP contribution in [0.15, 0.2) is 40.9 Å². The molecule has 2 aromatic carbocycles. The van der Waals surface area contributed by atoms with Gasteiger partial charge in [0.25, 0.3) is 5.91 Å². The van der Waals surface area contributed by atoms with E-state index in [0.29, 0.717) is 34.9 Å². The Morgan fingerprint density at radius 2 is 1.70 bits per heavy atom. The third-order valence-electron chi connectivity index (χ3n) is 3.97. The Morgan fingerprint density at radius 3 is 2.40 bits per heavy atom. The summed E-state index contributed by atoms with van der Waals surface area (Å²) in [4.78, 5) is 24.4. The van der Waals surface area contributed by atoms with Crippen molar-refractivity contribution in [1.29, 1.82) is 0 Å². The second kappa shape index (κ2) is 9.24. The maximum atomic E-state index is 12.3. The quantitative estimate of drug-likeness (QED) is 0.579. The van der Waals surface area contributed by atoms with Gasteiger partial charge in [-0.2, -0.15) is 13.2 Å². The SMILES string of the molecule is O=C(CNc1ccccc1C(=O)NCC(F)(F)F)Nc1cc2c(cc1Br)OCCO2. The number of fused-ring (bicyclic) bond motifs is 1. The van der Waals surface area contributed by atoms with Gasteiger partial charge in [0, 0.05) is 22.3 Å². The number of carbonyl (C=O) groups excluding carboxylic acids is 2. The molecule has 0 unspecified atom stereocenters. The summed E-state index contributed by atoms with van der Waals surface area (Å²) in [5.41, 5.74) is 0.686. The number of halogens is 4. The van der Waals surface area contributed by atoms with Gasteiger partial charge in [0.05, 0.1) is 17.8 Å². The summed E-state index contributed by atoms with van der Waals surface area (Å²) >= 11 is 3.35. The number of alkyl halides is 3. The van der Waals surface area contributed by atoms with Gasteiger partial charge in [-0.25, -0.2) is 0 Å². The molecular formula is C19H17BrF3N3O4. The third-order valence-corrected chi connectivity index (χ3v) is 4.62. The minimum Gasteiger partial charge on any atom is -0.486 e. The van der Waals surface area contributed by atoms with Crippen molar-refractivity contribution >= 4 is 39.1 Å². The van der Waals surface area contributed by atoms with Crippen LogP contribution in [0.3, 0.4) is 0 Å². The molecule has 3 N–H and O–H groups in total. The van der Waals surface area contributed by atoms with E-state index in [-0.39, 0.29) is 17.8 Å². The van der Waals surface area contributed by atoms with Crippen LogP contribution in [0.5, 0.6) is 11.5 Å². The first-order valence-electron chi connectivity index (χ1n) is 8.80. The summed E-state index contributed by atoms with van der Waals surface area (Å²) in [6.07, 6.45) is -4.52. The number of nitrogens with one attached hydrogen (secondary N) is 3. The first-order valence-corrected chi connectivity index (χ1v) is 9.59. The summed E-state index contributed by atoms with van der Waals surface area (Å²) in [5.74, 6) is -0.272. The number of hydrogen-bond acceptors (Lipinski definition) is 5. The molecule has 2 aromatic rings. The summed E-state index contributed by atoms with van der Waals surface area (Å²) in [7, 11) is 0. The second-order valence-electron chi connectivity index (χ2n) is 6.22. The average molecular weight is 488 g/mol. The zero-order valence-corrected chi connectivity index (χ0v) is 17.0. The van der Waals surface area contributed by atoms with Gasteiger partial charge in [-0.15, -0.1) is 0 Å². The fraction of sp³-hybridized carbons (Fsp3) is 0.263. The first-order chi connectivity index (χ1) is 14.2. The van der Waals surface area contributed by atoms with E-state index in [1.165, 1.54) is 18.2 Å². The van der Waals surface area contributed by atoms with Crippen molar-refractivity contribution in [2.45, 2.75) is 6.18 Å². The van der Waals surface area contributed by atoms with Crippen LogP contribution in [0.2, 0.25) is 0 Å². The monoisotopic (exact) mass is 487 g/mol. The van der Waals surface area contributed by atoms with E-state index >= 15 is 0 Å². The highest BCUT2D eigenvalue weighted by atomic mass is 79.9. The van der Waals surface area contributed by atoms with Crippen LogP contribution in [0.4, 0.5) is 24.5 Å². The van der Waals surface area contributed by atoms with Gasteiger partial charge >= 0.3 is 6.18 Å². The van der Waals surface area contributed by atoms with E-state index < -0.39 is 24.5 Å². The number of anilines is 2. The number of carbonyl (C=O) groups is 2. The van der Waals surface area contributed by atoms with Crippen LogP contribution >= 0.6 is 15.9 Å².